The maximum Gasteiger partial charge on any atom is 0.337 e. The number of hydrogen-bond donors (Lipinski definition) is 2. The molecule has 0 fully saturated rings. The van der Waals surface area contributed by atoms with Crippen LogP contribution in [0.25, 0.3) is 0 Å². The van der Waals surface area contributed by atoms with E-state index in [9.17, 15) is 9.59 Å². The van der Waals surface area contributed by atoms with Gasteiger partial charge in [-0.25, -0.2) is 9.59 Å². The number of carbonyl (C=O) groups excluding carboxylic acids is 1. The monoisotopic (exact) mass is 332 g/mol. The lowest BCUT2D eigenvalue weighted by Crippen LogP contribution is -2.01. The standard InChI is InChI=1S/C16H13ClN2O4/c1-23-16(22)11-4-2-10(3-5-11)9-18-19-12-6-7-14(17)13(8-12)15(20)21/h2-9,19H,1H3,(H,20,21)/b18-9+. The Morgan fingerprint density at radius 1 is 1.22 bits per heavy atom. The topological polar surface area (TPSA) is 88.0 Å². The van der Waals surface area contributed by atoms with Crippen LogP contribution in [-0.4, -0.2) is 30.4 Å². The van der Waals surface area contributed by atoms with Gasteiger partial charge in [0.1, 0.15) is 0 Å². The van der Waals surface area contributed by atoms with Gasteiger partial charge in [-0.1, -0.05) is 23.7 Å². The molecule has 23 heavy (non-hydrogen) atoms. The minimum absolute atomic E-state index is 0.00528. The number of rotatable bonds is 5. The third kappa shape index (κ3) is 4.31. The molecule has 6 nitrogen and oxygen atoms in total. The molecule has 0 aliphatic carbocycles. The van der Waals surface area contributed by atoms with Gasteiger partial charge in [0.2, 0.25) is 0 Å². The summed E-state index contributed by atoms with van der Waals surface area (Å²) in [5.74, 6) is -1.52. The van der Waals surface area contributed by atoms with Crippen LogP contribution in [0.2, 0.25) is 5.02 Å². The highest BCUT2D eigenvalue weighted by Crippen LogP contribution is 2.20. The second kappa shape index (κ2) is 7.42. The van der Waals surface area contributed by atoms with Gasteiger partial charge in [-0.05, 0) is 35.9 Å². The van der Waals surface area contributed by atoms with Crippen molar-refractivity contribution in [2.45, 2.75) is 0 Å². The first-order chi connectivity index (χ1) is 11.0. The Balaban J connectivity index is 2.06. The minimum atomic E-state index is -1.11. The Bertz CT molecular complexity index is 757. The van der Waals surface area contributed by atoms with E-state index in [1.165, 1.54) is 25.5 Å². The fourth-order valence-electron chi connectivity index (χ4n) is 1.76. The third-order valence-corrected chi connectivity index (χ3v) is 3.27. The van der Waals surface area contributed by atoms with Crippen LogP contribution in [-0.2, 0) is 4.74 Å². The Morgan fingerprint density at radius 2 is 1.91 bits per heavy atom. The molecule has 0 saturated carbocycles. The zero-order valence-electron chi connectivity index (χ0n) is 12.1. The van der Waals surface area contributed by atoms with Crippen molar-refractivity contribution in [2.75, 3.05) is 12.5 Å². The predicted octanol–water partition coefficient (Wildman–Crippen LogP) is 3.27. The molecule has 7 heteroatoms. The Hall–Kier alpha value is -2.86. The normalized spacial score (nSPS) is 10.5. The second-order valence-electron chi connectivity index (χ2n) is 4.48. The number of hydrogen-bond acceptors (Lipinski definition) is 5. The number of nitrogens with zero attached hydrogens (tertiary/aromatic N) is 1. The van der Waals surface area contributed by atoms with Gasteiger partial charge in [0, 0.05) is 0 Å². The molecule has 2 N–H and O–H groups in total. The lowest BCUT2D eigenvalue weighted by molar-refractivity contribution is 0.0600. The third-order valence-electron chi connectivity index (χ3n) is 2.94. The lowest BCUT2D eigenvalue weighted by atomic mass is 10.1. The molecular weight excluding hydrogens is 320 g/mol. The number of carboxylic acids is 1. The van der Waals surface area contributed by atoms with E-state index in [1.54, 1.807) is 30.3 Å². The van der Waals surface area contributed by atoms with E-state index in [2.05, 4.69) is 15.3 Å². The van der Waals surface area contributed by atoms with Crippen molar-refractivity contribution in [2.24, 2.45) is 5.10 Å². The summed E-state index contributed by atoms with van der Waals surface area (Å²) in [6.45, 7) is 0. The van der Waals surface area contributed by atoms with Gasteiger partial charge < -0.3 is 9.84 Å². The van der Waals surface area contributed by atoms with Crippen molar-refractivity contribution >= 4 is 35.4 Å². The number of carboxylic acid groups (broad SMARTS) is 1. The molecule has 0 amide bonds. The smallest absolute Gasteiger partial charge is 0.337 e. The van der Waals surface area contributed by atoms with Crippen LogP contribution in [0.1, 0.15) is 26.3 Å². The number of aromatic carboxylic acids is 1. The fraction of sp³-hybridized carbons (Fsp3) is 0.0625. The molecule has 0 aromatic heterocycles. The van der Waals surface area contributed by atoms with Crippen molar-refractivity contribution in [3.63, 3.8) is 0 Å². The van der Waals surface area contributed by atoms with Gasteiger partial charge in [-0.2, -0.15) is 5.10 Å². The average Bonchev–Trinajstić information content (AvgIpc) is 2.56. The average molecular weight is 333 g/mol. The quantitative estimate of drug-likeness (QED) is 0.498. The van der Waals surface area contributed by atoms with Gasteiger partial charge in [0.05, 0.1) is 35.2 Å². The number of hydrazone groups is 1. The summed E-state index contributed by atoms with van der Waals surface area (Å²) in [5, 5.41) is 13.2. The number of carbonyl (C=O) groups is 2. The van der Waals surface area contributed by atoms with Gasteiger partial charge in [-0.3, -0.25) is 5.43 Å². The van der Waals surface area contributed by atoms with Crippen LogP contribution >= 0.6 is 11.6 Å². The van der Waals surface area contributed by atoms with Crippen molar-refractivity contribution < 1.29 is 19.4 Å². The zero-order chi connectivity index (χ0) is 16.8. The summed E-state index contributed by atoms with van der Waals surface area (Å²) < 4.78 is 4.61. The molecule has 0 atom stereocenters. The molecule has 0 saturated heterocycles. The molecule has 0 radical (unpaired) electrons. The molecule has 2 aromatic rings. The van der Waals surface area contributed by atoms with Crippen LogP contribution in [0, 0.1) is 0 Å². The first-order valence-electron chi connectivity index (χ1n) is 6.51. The molecule has 0 aliphatic rings. The van der Waals surface area contributed by atoms with E-state index in [-0.39, 0.29) is 10.6 Å². The number of esters is 1. The van der Waals surface area contributed by atoms with E-state index in [0.717, 1.165) is 5.56 Å². The number of nitrogens with one attached hydrogen (secondary N) is 1. The summed E-state index contributed by atoms with van der Waals surface area (Å²) in [7, 11) is 1.32. The highest BCUT2D eigenvalue weighted by molar-refractivity contribution is 6.33. The number of anilines is 1. The number of methoxy groups -OCH3 is 1. The fourth-order valence-corrected chi connectivity index (χ4v) is 1.96. The van der Waals surface area contributed by atoms with Gasteiger partial charge in [0.15, 0.2) is 0 Å². The summed E-state index contributed by atoms with van der Waals surface area (Å²) in [4.78, 5) is 22.3. The number of benzene rings is 2. The predicted molar refractivity (Wildman–Crippen MR) is 87.4 cm³/mol. The lowest BCUT2D eigenvalue weighted by Gasteiger charge is -2.03. The molecule has 0 bridgehead atoms. The summed E-state index contributed by atoms with van der Waals surface area (Å²) >= 11 is 5.79. The molecule has 2 aromatic carbocycles. The molecule has 0 heterocycles. The SMILES string of the molecule is COC(=O)c1ccc(/C=N/Nc2ccc(Cl)c(C(=O)O)c2)cc1. The van der Waals surface area contributed by atoms with Crippen LogP contribution in [0.5, 0.6) is 0 Å². The maximum atomic E-state index is 11.3. The second-order valence-corrected chi connectivity index (χ2v) is 4.89. The molecule has 0 unspecified atom stereocenters. The summed E-state index contributed by atoms with van der Waals surface area (Å²) in [6.07, 6.45) is 1.54. The molecular formula is C16H13ClN2O4. The minimum Gasteiger partial charge on any atom is -0.478 e. The Morgan fingerprint density at radius 3 is 2.52 bits per heavy atom. The Labute approximate surface area is 137 Å². The van der Waals surface area contributed by atoms with E-state index in [4.69, 9.17) is 16.7 Å². The van der Waals surface area contributed by atoms with Crippen LogP contribution in [0.3, 0.4) is 0 Å². The van der Waals surface area contributed by atoms with Crippen molar-refractivity contribution in [3.05, 3.63) is 64.2 Å². The summed E-state index contributed by atoms with van der Waals surface area (Å²) in [5.41, 5.74) is 4.42. The van der Waals surface area contributed by atoms with Gasteiger partial charge in [-0.15, -0.1) is 0 Å². The van der Waals surface area contributed by atoms with Crippen LogP contribution < -0.4 is 5.43 Å². The molecule has 0 aliphatic heterocycles. The van der Waals surface area contributed by atoms with Crippen molar-refractivity contribution in [1.29, 1.82) is 0 Å². The number of halogens is 1. The van der Waals surface area contributed by atoms with Crippen LogP contribution in [0.15, 0.2) is 47.6 Å². The van der Waals surface area contributed by atoms with Crippen molar-refractivity contribution in [3.8, 4) is 0 Å². The summed E-state index contributed by atoms with van der Waals surface area (Å²) in [6, 6.07) is 11.2. The molecule has 0 spiro atoms. The Kier molecular flexibility index (Phi) is 5.32. The van der Waals surface area contributed by atoms with Crippen LogP contribution in [0.4, 0.5) is 5.69 Å². The van der Waals surface area contributed by atoms with E-state index in [0.29, 0.717) is 11.3 Å². The zero-order valence-corrected chi connectivity index (χ0v) is 12.9. The van der Waals surface area contributed by atoms with E-state index in [1.807, 2.05) is 0 Å². The molecule has 2 rings (SSSR count). The highest BCUT2D eigenvalue weighted by Gasteiger charge is 2.08. The largest absolute Gasteiger partial charge is 0.478 e. The maximum absolute atomic E-state index is 11.3. The van der Waals surface area contributed by atoms with Crippen molar-refractivity contribution in [1.82, 2.24) is 0 Å². The molecule has 118 valence electrons. The van der Waals surface area contributed by atoms with E-state index >= 15 is 0 Å². The first-order valence-corrected chi connectivity index (χ1v) is 6.89. The van der Waals surface area contributed by atoms with E-state index < -0.39 is 11.9 Å². The first kappa shape index (κ1) is 16.5. The highest BCUT2D eigenvalue weighted by atomic mass is 35.5. The van der Waals surface area contributed by atoms with Gasteiger partial charge in [0.25, 0.3) is 0 Å². The van der Waals surface area contributed by atoms with Gasteiger partial charge >= 0.3 is 11.9 Å². The number of ether oxygens (including phenoxy) is 1.